The van der Waals surface area contributed by atoms with Gasteiger partial charge in [0.1, 0.15) is 12.4 Å². The highest BCUT2D eigenvalue weighted by atomic mass is 19.1. The molecule has 4 rings (SSSR count). The van der Waals surface area contributed by atoms with Gasteiger partial charge in [-0.2, -0.15) is 0 Å². The van der Waals surface area contributed by atoms with Crippen LogP contribution in [0.25, 0.3) is 0 Å². The van der Waals surface area contributed by atoms with Gasteiger partial charge in [-0.15, -0.1) is 0 Å². The molecule has 1 N–H and O–H groups in total. The van der Waals surface area contributed by atoms with Gasteiger partial charge in [-0.05, 0) is 49.9 Å². The van der Waals surface area contributed by atoms with Crippen molar-refractivity contribution in [1.82, 2.24) is 15.1 Å². The number of piperidine rings is 1. The van der Waals surface area contributed by atoms with E-state index in [0.29, 0.717) is 16.8 Å². The number of rotatable bonds is 8. The van der Waals surface area contributed by atoms with Crippen molar-refractivity contribution in [2.45, 2.75) is 51.6 Å². The summed E-state index contributed by atoms with van der Waals surface area (Å²) in [7, 11) is 0. The average Bonchev–Trinajstić information content (AvgIpc) is 2.88. The average molecular weight is 508 g/mol. The largest absolute Gasteiger partial charge is 0.463 e. The van der Waals surface area contributed by atoms with Crippen LogP contribution in [0.2, 0.25) is 0 Å². The van der Waals surface area contributed by atoms with Gasteiger partial charge in [0.15, 0.2) is 0 Å². The van der Waals surface area contributed by atoms with Gasteiger partial charge in [0.05, 0.1) is 12.2 Å². The Balaban J connectivity index is 1.40. The molecule has 196 valence electrons. The number of halogens is 1. The van der Waals surface area contributed by atoms with Crippen LogP contribution in [0.1, 0.15) is 50.2 Å². The Morgan fingerprint density at radius 2 is 1.73 bits per heavy atom. The van der Waals surface area contributed by atoms with Gasteiger partial charge in [-0.3, -0.25) is 14.5 Å². The third-order valence-corrected chi connectivity index (χ3v) is 7.09. The highest BCUT2D eigenvalue weighted by molar-refractivity contribution is 5.97. The third-order valence-electron chi connectivity index (χ3n) is 7.09. The van der Waals surface area contributed by atoms with E-state index in [1.54, 1.807) is 26.0 Å². The van der Waals surface area contributed by atoms with E-state index in [2.05, 4.69) is 22.3 Å². The molecule has 2 aromatic rings. The topological polar surface area (TPSA) is 79.0 Å². The van der Waals surface area contributed by atoms with Gasteiger partial charge in [0, 0.05) is 43.7 Å². The number of nitrogens with zero attached hydrogens (tertiary/aromatic N) is 2. The minimum atomic E-state index is -0.555. The van der Waals surface area contributed by atoms with Crippen LogP contribution in [0.5, 0.6) is 0 Å². The molecule has 7 nitrogen and oxygen atoms in total. The number of amides is 2. The molecule has 0 spiro atoms. The summed E-state index contributed by atoms with van der Waals surface area (Å²) in [5.74, 6) is -1.99. The normalized spacial score (nSPS) is 19.2. The van der Waals surface area contributed by atoms with Crippen molar-refractivity contribution < 1.29 is 23.5 Å². The van der Waals surface area contributed by atoms with E-state index < -0.39 is 17.7 Å². The van der Waals surface area contributed by atoms with Crippen LogP contribution < -0.4 is 5.32 Å². The van der Waals surface area contributed by atoms with Gasteiger partial charge >= 0.3 is 5.97 Å². The Morgan fingerprint density at radius 3 is 2.38 bits per heavy atom. The summed E-state index contributed by atoms with van der Waals surface area (Å²) in [6.07, 6.45) is 1.67. The fourth-order valence-corrected chi connectivity index (χ4v) is 5.15. The molecule has 0 saturated carbocycles. The van der Waals surface area contributed by atoms with Crippen LogP contribution in [0.3, 0.4) is 0 Å². The maximum absolute atomic E-state index is 13.5. The van der Waals surface area contributed by atoms with E-state index in [-0.39, 0.29) is 37.4 Å². The molecule has 2 amide bonds. The summed E-state index contributed by atoms with van der Waals surface area (Å²) in [6, 6.07) is 16.1. The predicted molar refractivity (Wildman–Crippen MR) is 138 cm³/mol. The summed E-state index contributed by atoms with van der Waals surface area (Å²) in [4.78, 5) is 42.7. The van der Waals surface area contributed by atoms with E-state index in [1.165, 1.54) is 22.6 Å². The lowest BCUT2D eigenvalue weighted by Gasteiger charge is -2.35. The fraction of sp³-hybridized carbons (Fsp3) is 0.414. The first kappa shape index (κ1) is 26.5. The minimum Gasteiger partial charge on any atom is -0.463 e. The smallest absolute Gasteiger partial charge is 0.336 e. The molecule has 1 fully saturated rings. The first-order valence-corrected chi connectivity index (χ1v) is 12.8. The van der Waals surface area contributed by atoms with E-state index in [0.717, 1.165) is 32.5 Å². The Labute approximate surface area is 217 Å². The fourth-order valence-electron chi connectivity index (χ4n) is 5.15. The number of esters is 1. The zero-order chi connectivity index (χ0) is 26.4. The number of hydrogen-bond acceptors (Lipinski definition) is 5. The number of hydrogen-bond donors (Lipinski definition) is 1. The number of allylic oxidation sites excluding steroid dienone is 1. The number of carbonyl (C=O) groups excluding carboxylic acids is 3. The van der Waals surface area contributed by atoms with Gasteiger partial charge in [-0.1, -0.05) is 42.5 Å². The number of likely N-dealkylation sites (tertiary alicyclic amines) is 1. The first-order valence-electron chi connectivity index (χ1n) is 12.8. The standard InChI is InChI=1S/C29H34FN3O4/c1-3-37-29(36)28-20(2)33(27(35)17-25(28)22-9-11-23(30)12-10-22)19-26(34)31-24-13-15-32(16-14-24)18-21-7-5-4-6-8-21/h4-12,24-25H,3,13-19H2,1-2H3,(H,31,34). The summed E-state index contributed by atoms with van der Waals surface area (Å²) < 4.78 is 18.8. The lowest BCUT2D eigenvalue weighted by Crippen LogP contribution is -2.49. The molecule has 1 atom stereocenters. The molecule has 37 heavy (non-hydrogen) atoms. The summed E-state index contributed by atoms with van der Waals surface area (Å²) in [6.45, 7) is 6.05. The molecular weight excluding hydrogens is 473 g/mol. The molecule has 0 aromatic heterocycles. The van der Waals surface area contributed by atoms with Gasteiger partial charge in [0.2, 0.25) is 11.8 Å². The number of benzene rings is 2. The zero-order valence-corrected chi connectivity index (χ0v) is 21.4. The van der Waals surface area contributed by atoms with E-state index in [9.17, 15) is 18.8 Å². The van der Waals surface area contributed by atoms with Crippen LogP contribution in [0.15, 0.2) is 65.9 Å². The summed E-state index contributed by atoms with van der Waals surface area (Å²) in [5, 5.41) is 3.07. The lowest BCUT2D eigenvalue weighted by atomic mass is 9.83. The quantitative estimate of drug-likeness (QED) is 0.551. The molecular formula is C29H34FN3O4. The molecule has 1 saturated heterocycles. The zero-order valence-electron chi connectivity index (χ0n) is 21.4. The van der Waals surface area contributed by atoms with Gasteiger partial charge in [0.25, 0.3) is 0 Å². The highest BCUT2D eigenvalue weighted by Gasteiger charge is 2.37. The Morgan fingerprint density at radius 1 is 1.05 bits per heavy atom. The first-order chi connectivity index (χ1) is 17.9. The second kappa shape index (κ2) is 12.1. The molecule has 8 heteroatoms. The van der Waals surface area contributed by atoms with Crippen LogP contribution >= 0.6 is 0 Å². The molecule has 0 radical (unpaired) electrons. The van der Waals surface area contributed by atoms with Crippen molar-refractivity contribution in [2.24, 2.45) is 0 Å². The van der Waals surface area contributed by atoms with Crippen LogP contribution in [0, 0.1) is 5.82 Å². The summed E-state index contributed by atoms with van der Waals surface area (Å²) in [5.41, 5.74) is 2.66. The predicted octanol–water partition coefficient (Wildman–Crippen LogP) is 3.76. The maximum Gasteiger partial charge on any atom is 0.336 e. The SMILES string of the molecule is CCOC(=O)C1=C(C)N(CC(=O)NC2CCN(Cc3ccccc3)CC2)C(=O)CC1c1ccc(F)cc1. The van der Waals surface area contributed by atoms with Gasteiger partial charge < -0.3 is 15.0 Å². The van der Waals surface area contributed by atoms with Gasteiger partial charge in [-0.25, -0.2) is 9.18 Å². The monoisotopic (exact) mass is 507 g/mol. The van der Waals surface area contributed by atoms with Crippen molar-refractivity contribution in [3.8, 4) is 0 Å². The Hall–Kier alpha value is -3.52. The van der Waals surface area contributed by atoms with Crippen LogP contribution in [-0.4, -0.2) is 59.9 Å². The van der Waals surface area contributed by atoms with Crippen molar-refractivity contribution in [3.05, 3.63) is 82.8 Å². The molecule has 2 aromatic carbocycles. The van der Waals surface area contributed by atoms with Crippen molar-refractivity contribution in [1.29, 1.82) is 0 Å². The van der Waals surface area contributed by atoms with E-state index in [1.807, 2.05) is 18.2 Å². The van der Waals surface area contributed by atoms with E-state index >= 15 is 0 Å². The molecule has 1 unspecified atom stereocenters. The second-order valence-electron chi connectivity index (χ2n) is 9.61. The Kier molecular flexibility index (Phi) is 8.71. The van der Waals surface area contributed by atoms with Crippen molar-refractivity contribution >= 4 is 17.8 Å². The Bertz CT molecular complexity index is 1140. The lowest BCUT2D eigenvalue weighted by molar-refractivity contribution is -0.141. The minimum absolute atomic E-state index is 0.00226. The van der Waals surface area contributed by atoms with Crippen molar-refractivity contribution in [3.63, 3.8) is 0 Å². The molecule has 0 aliphatic carbocycles. The number of ether oxygens (including phenoxy) is 1. The third kappa shape index (κ3) is 6.63. The van der Waals surface area contributed by atoms with Crippen LogP contribution in [0.4, 0.5) is 4.39 Å². The molecule has 2 aliphatic rings. The van der Waals surface area contributed by atoms with Crippen molar-refractivity contribution in [2.75, 3.05) is 26.2 Å². The highest BCUT2D eigenvalue weighted by Crippen LogP contribution is 2.37. The van der Waals surface area contributed by atoms with Crippen LogP contribution in [-0.2, 0) is 25.7 Å². The summed E-state index contributed by atoms with van der Waals surface area (Å²) >= 11 is 0. The molecule has 0 bridgehead atoms. The maximum atomic E-state index is 13.5. The molecule has 2 aliphatic heterocycles. The second-order valence-corrected chi connectivity index (χ2v) is 9.61. The number of nitrogens with one attached hydrogen (secondary N) is 1. The van der Waals surface area contributed by atoms with E-state index in [4.69, 9.17) is 4.74 Å². The number of carbonyl (C=O) groups is 3. The molecule has 2 heterocycles.